The number of hydrogen-bond donors (Lipinski definition) is 1. The van der Waals surface area contributed by atoms with Gasteiger partial charge in [0.25, 0.3) is 5.91 Å². The highest BCUT2D eigenvalue weighted by Crippen LogP contribution is 2.18. The second kappa shape index (κ2) is 8.79. The number of rotatable bonds is 6. The number of amides is 2. The van der Waals surface area contributed by atoms with Gasteiger partial charge in [0.2, 0.25) is 5.91 Å². The Morgan fingerprint density at radius 3 is 2.42 bits per heavy atom. The molecule has 1 aromatic heterocycles. The average molecular weight is 416 g/mol. The van der Waals surface area contributed by atoms with Gasteiger partial charge in [-0.15, -0.1) is 0 Å². The molecule has 6 nitrogen and oxygen atoms in total. The summed E-state index contributed by atoms with van der Waals surface area (Å²) in [6, 6.07) is 22.6. The molecule has 0 fully saturated rings. The molecule has 1 heterocycles. The molecule has 4 aromatic rings. The molecule has 0 saturated heterocycles. The number of aromatic nitrogens is 2. The fourth-order valence-electron chi connectivity index (χ4n) is 3.37. The number of likely N-dealkylation sites (N-methyl/N-ethyl adjacent to an activating group) is 1. The molecule has 0 radical (unpaired) electrons. The van der Waals surface area contributed by atoms with Crippen molar-refractivity contribution in [3.8, 4) is 0 Å². The third-order valence-electron chi connectivity index (χ3n) is 5.07. The SMILES string of the molecule is CN(C(=O)Cn1c(CNC(=O)c2ccccc2F)nc2ccccc21)c1ccccc1. The summed E-state index contributed by atoms with van der Waals surface area (Å²) >= 11 is 0. The van der Waals surface area contributed by atoms with Crippen LogP contribution in [0.25, 0.3) is 11.0 Å². The lowest BCUT2D eigenvalue weighted by molar-refractivity contribution is -0.118. The van der Waals surface area contributed by atoms with Crippen molar-refractivity contribution in [2.45, 2.75) is 13.1 Å². The van der Waals surface area contributed by atoms with E-state index in [-0.39, 0.29) is 24.6 Å². The highest BCUT2D eigenvalue weighted by atomic mass is 19.1. The molecule has 0 spiro atoms. The Kier molecular flexibility index (Phi) is 5.75. The van der Waals surface area contributed by atoms with Crippen LogP contribution in [0.2, 0.25) is 0 Å². The Morgan fingerprint density at radius 2 is 1.65 bits per heavy atom. The number of para-hydroxylation sites is 3. The molecule has 31 heavy (non-hydrogen) atoms. The van der Waals surface area contributed by atoms with Crippen molar-refractivity contribution < 1.29 is 14.0 Å². The number of anilines is 1. The molecule has 4 rings (SSSR count). The highest BCUT2D eigenvalue weighted by Gasteiger charge is 2.18. The highest BCUT2D eigenvalue weighted by molar-refractivity contribution is 5.95. The van der Waals surface area contributed by atoms with E-state index in [1.54, 1.807) is 22.6 Å². The van der Waals surface area contributed by atoms with E-state index in [9.17, 15) is 14.0 Å². The number of halogens is 1. The third-order valence-corrected chi connectivity index (χ3v) is 5.07. The van der Waals surface area contributed by atoms with Gasteiger partial charge in [-0.1, -0.05) is 42.5 Å². The minimum Gasteiger partial charge on any atom is -0.345 e. The van der Waals surface area contributed by atoms with Crippen LogP contribution in [0.15, 0.2) is 78.9 Å². The van der Waals surface area contributed by atoms with Crippen LogP contribution in [0, 0.1) is 5.82 Å². The molecule has 0 atom stereocenters. The van der Waals surface area contributed by atoms with Crippen molar-refractivity contribution in [1.82, 2.24) is 14.9 Å². The van der Waals surface area contributed by atoms with E-state index in [1.165, 1.54) is 18.2 Å². The minimum absolute atomic E-state index is 0.0370. The summed E-state index contributed by atoms with van der Waals surface area (Å²) in [7, 11) is 1.72. The van der Waals surface area contributed by atoms with Gasteiger partial charge in [-0.2, -0.15) is 0 Å². The Labute approximate surface area is 178 Å². The summed E-state index contributed by atoms with van der Waals surface area (Å²) < 4.78 is 15.7. The third kappa shape index (κ3) is 4.30. The van der Waals surface area contributed by atoms with E-state index in [1.807, 2.05) is 54.6 Å². The molecule has 0 aliphatic rings. The van der Waals surface area contributed by atoms with Crippen LogP contribution in [-0.4, -0.2) is 28.4 Å². The topological polar surface area (TPSA) is 67.2 Å². The largest absolute Gasteiger partial charge is 0.345 e. The van der Waals surface area contributed by atoms with Crippen LogP contribution >= 0.6 is 0 Å². The number of nitrogens with one attached hydrogen (secondary N) is 1. The Bertz CT molecular complexity index is 1240. The smallest absolute Gasteiger partial charge is 0.254 e. The van der Waals surface area contributed by atoms with Crippen molar-refractivity contribution in [3.05, 3.63) is 96.1 Å². The second-order valence-corrected chi connectivity index (χ2v) is 7.05. The lowest BCUT2D eigenvalue weighted by Gasteiger charge is -2.19. The summed E-state index contributed by atoms with van der Waals surface area (Å²) in [5.74, 6) is -0.741. The van der Waals surface area contributed by atoms with Gasteiger partial charge in [0, 0.05) is 12.7 Å². The first-order valence-corrected chi connectivity index (χ1v) is 9.83. The first kappa shape index (κ1) is 20.3. The summed E-state index contributed by atoms with van der Waals surface area (Å²) in [6.45, 7) is 0.112. The average Bonchev–Trinajstić information content (AvgIpc) is 3.15. The molecule has 1 N–H and O–H groups in total. The van der Waals surface area contributed by atoms with Crippen LogP contribution < -0.4 is 10.2 Å². The zero-order valence-electron chi connectivity index (χ0n) is 17.0. The van der Waals surface area contributed by atoms with Crippen molar-refractivity contribution in [2.24, 2.45) is 0 Å². The predicted octanol–water partition coefficient (Wildman–Crippen LogP) is 3.77. The van der Waals surface area contributed by atoms with Gasteiger partial charge < -0.3 is 14.8 Å². The summed E-state index contributed by atoms with van der Waals surface area (Å²) in [6.07, 6.45) is 0. The maximum absolute atomic E-state index is 13.9. The molecule has 0 aliphatic carbocycles. The molecular weight excluding hydrogens is 395 g/mol. The van der Waals surface area contributed by atoms with Crippen LogP contribution in [0.1, 0.15) is 16.2 Å². The number of benzene rings is 3. The van der Waals surface area contributed by atoms with E-state index >= 15 is 0 Å². The van der Waals surface area contributed by atoms with Gasteiger partial charge in [0.1, 0.15) is 18.2 Å². The summed E-state index contributed by atoms with van der Waals surface area (Å²) in [5.41, 5.74) is 2.25. The zero-order chi connectivity index (χ0) is 21.8. The van der Waals surface area contributed by atoms with Crippen LogP contribution in [0.4, 0.5) is 10.1 Å². The summed E-state index contributed by atoms with van der Waals surface area (Å²) in [5, 5.41) is 2.70. The Morgan fingerprint density at radius 1 is 0.968 bits per heavy atom. The lowest BCUT2D eigenvalue weighted by Crippen LogP contribution is -2.31. The quantitative estimate of drug-likeness (QED) is 0.520. The standard InChI is InChI=1S/C24H21FN4O2/c1-28(17-9-3-2-4-10-17)23(30)16-29-21-14-8-7-13-20(21)27-22(29)15-26-24(31)18-11-5-6-12-19(18)25/h2-14H,15-16H2,1H3,(H,26,31). The number of carbonyl (C=O) groups is 2. The fraction of sp³-hybridized carbons (Fsp3) is 0.125. The van der Waals surface area contributed by atoms with Gasteiger partial charge in [-0.05, 0) is 36.4 Å². The van der Waals surface area contributed by atoms with E-state index in [4.69, 9.17) is 0 Å². The lowest BCUT2D eigenvalue weighted by atomic mass is 10.2. The van der Waals surface area contributed by atoms with E-state index < -0.39 is 11.7 Å². The van der Waals surface area contributed by atoms with E-state index in [2.05, 4.69) is 10.3 Å². The minimum atomic E-state index is -0.590. The Hall–Kier alpha value is -4.00. The molecule has 3 aromatic carbocycles. The number of fused-ring (bicyclic) bond motifs is 1. The number of carbonyl (C=O) groups excluding carboxylic acids is 2. The van der Waals surface area contributed by atoms with Crippen molar-refractivity contribution >= 4 is 28.5 Å². The van der Waals surface area contributed by atoms with Crippen molar-refractivity contribution in [2.75, 3.05) is 11.9 Å². The van der Waals surface area contributed by atoms with Crippen LogP contribution in [0.5, 0.6) is 0 Å². The van der Waals surface area contributed by atoms with E-state index in [0.29, 0.717) is 11.3 Å². The summed E-state index contributed by atoms with van der Waals surface area (Å²) in [4.78, 5) is 31.5. The molecular formula is C24H21FN4O2. The van der Waals surface area contributed by atoms with Crippen molar-refractivity contribution in [1.29, 1.82) is 0 Å². The first-order chi connectivity index (χ1) is 15.0. The van der Waals surface area contributed by atoms with Gasteiger partial charge in [-0.3, -0.25) is 9.59 Å². The molecule has 0 bridgehead atoms. The molecule has 0 saturated carbocycles. The molecule has 2 amide bonds. The zero-order valence-corrected chi connectivity index (χ0v) is 17.0. The molecule has 156 valence electrons. The maximum atomic E-state index is 13.9. The van der Waals surface area contributed by atoms with Gasteiger partial charge >= 0.3 is 0 Å². The van der Waals surface area contributed by atoms with Gasteiger partial charge in [0.15, 0.2) is 0 Å². The monoisotopic (exact) mass is 416 g/mol. The predicted molar refractivity (Wildman–Crippen MR) is 117 cm³/mol. The number of hydrogen-bond acceptors (Lipinski definition) is 3. The number of nitrogens with zero attached hydrogens (tertiary/aromatic N) is 3. The van der Waals surface area contributed by atoms with Gasteiger partial charge in [0.05, 0.1) is 23.1 Å². The van der Waals surface area contributed by atoms with Crippen LogP contribution in [-0.2, 0) is 17.9 Å². The fourth-order valence-corrected chi connectivity index (χ4v) is 3.37. The normalized spacial score (nSPS) is 10.8. The Balaban J connectivity index is 1.58. The maximum Gasteiger partial charge on any atom is 0.254 e. The molecule has 7 heteroatoms. The molecule has 0 aliphatic heterocycles. The second-order valence-electron chi connectivity index (χ2n) is 7.05. The first-order valence-electron chi connectivity index (χ1n) is 9.83. The molecule has 0 unspecified atom stereocenters. The van der Waals surface area contributed by atoms with Crippen molar-refractivity contribution in [3.63, 3.8) is 0 Å². The van der Waals surface area contributed by atoms with E-state index in [0.717, 1.165) is 11.2 Å². The van der Waals surface area contributed by atoms with Crippen LogP contribution in [0.3, 0.4) is 0 Å². The van der Waals surface area contributed by atoms with Gasteiger partial charge in [-0.25, -0.2) is 9.37 Å². The number of imidazole rings is 1.